The Morgan fingerprint density at radius 3 is 0.688 bits per heavy atom. The summed E-state index contributed by atoms with van der Waals surface area (Å²) in [7, 11) is 0. The molecular weight excluding hydrogens is 1500 g/mol. The van der Waals surface area contributed by atoms with Crippen LogP contribution in [0.1, 0.15) is 53.4 Å². The van der Waals surface area contributed by atoms with Crippen LogP contribution in [0.2, 0.25) is 0 Å². The monoisotopic (exact) mass is 1530 g/mol. The van der Waals surface area contributed by atoms with E-state index in [0.717, 1.165) is 0 Å². The molecule has 0 saturated heterocycles. The van der Waals surface area contributed by atoms with Gasteiger partial charge in [-0.25, -0.2) is 74.6 Å². The number of hydrogen-bond acceptors (Lipinski definition) is 6. The molecule has 8 bridgehead atoms. The van der Waals surface area contributed by atoms with E-state index in [0.29, 0.717) is 0 Å². The minimum absolute atomic E-state index is 0.423. The molecule has 0 aromatic carbocycles. The normalized spacial score (nSPS) is 50.2. The molecule has 8 fully saturated rings. The van der Waals surface area contributed by atoms with E-state index < -0.39 is 265 Å². The van der Waals surface area contributed by atoms with E-state index in [2.05, 4.69) is 0 Å². The molecule has 0 amide bonds. The highest BCUT2D eigenvalue weighted by atomic mass is 19.4. The minimum Gasteiger partial charge on any atom is -0.381 e. The van der Waals surface area contributed by atoms with Crippen LogP contribution in [-0.2, 0) is 0 Å². The van der Waals surface area contributed by atoms with Crippen molar-refractivity contribution in [1.29, 1.82) is 0 Å². The average molecular weight is 1530 g/mol. The molecule has 6 nitrogen and oxygen atoms in total. The van der Waals surface area contributed by atoms with Gasteiger partial charge in [-0.3, -0.25) is 0 Å². The molecule has 0 spiro atoms. The maximum Gasteiger partial charge on any atom is 0.376 e. The van der Waals surface area contributed by atoms with Crippen molar-refractivity contribution in [1.82, 2.24) is 0 Å². The SMILES string of the molecule is CC12CC(F)(CF)C(F)(F)C(F)(C(F)(F)C(F)(F)C1(F)F)C2(F)F.CC12CC(F)(CF)C(F)(F)C(F)(C(F)(F)C(O)(F)C1(F)F)C2(F)F.CC12CC(F)(CF)C(F)(F)C(O)(C(F)(F)C(O)(F)C1(F)F)C2(F)F.CC12CC(O)(CF)C(F)(F)C(O)(C(F)(F)C(O)(F)C1(F)F)C2(F)F. The third-order valence-corrected chi connectivity index (χ3v) is 19.8. The fraction of sp³-hybridized carbons (Fsp3) is 1.00. The molecule has 0 heterocycles. The van der Waals surface area contributed by atoms with Gasteiger partial charge in [-0.2, -0.15) is 127 Å². The van der Waals surface area contributed by atoms with Gasteiger partial charge in [-0.05, 0) is 27.7 Å². The predicted octanol–water partition coefficient (Wildman–Crippen LogP) is 14.0. The molecule has 0 aromatic heterocycles. The molecule has 8 rings (SSSR count). The second kappa shape index (κ2) is 19.4. The largest absolute Gasteiger partial charge is 0.381 e. The van der Waals surface area contributed by atoms with Crippen LogP contribution < -0.4 is 0 Å². The van der Waals surface area contributed by atoms with Gasteiger partial charge < -0.3 is 30.6 Å². The van der Waals surface area contributed by atoms with Crippen LogP contribution in [0.5, 0.6) is 0 Å². The summed E-state index contributed by atoms with van der Waals surface area (Å²) in [5.74, 6) is -131. The Kier molecular flexibility index (Phi) is 16.8. The minimum atomic E-state index is -7.41. The molecule has 0 aliphatic heterocycles. The summed E-state index contributed by atoms with van der Waals surface area (Å²) < 4.78 is 633. The zero-order chi connectivity index (χ0) is 77.7. The number of halogens is 46. The molecule has 0 radical (unpaired) electrons. The second-order valence-corrected chi connectivity index (χ2v) is 24.9. The van der Waals surface area contributed by atoms with E-state index in [9.17, 15) is 217 Å². The summed E-state index contributed by atoms with van der Waals surface area (Å²) in [5.41, 5.74) is -66.5. The Labute approximate surface area is 498 Å². The van der Waals surface area contributed by atoms with Gasteiger partial charge in [0.25, 0.3) is 23.0 Å². The maximum absolute atomic E-state index is 14.3. The van der Waals surface area contributed by atoms with Gasteiger partial charge in [-0.15, -0.1) is 0 Å². The van der Waals surface area contributed by atoms with E-state index in [1.165, 1.54) is 0 Å². The molecule has 0 aromatic rings. The lowest BCUT2D eigenvalue weighted by Gasteiger charge is -2.66. The number of hydrogen-bond donors (Lipinski definition) is 6. The molecule has 15 unspecified atom stereocenters. The molecule has 52 heteroatoms. The third-order valence-electron chi connectivity index (χ3n) is 19.8. The molecule has 8 saturated carbocycles. The van der Waals surface area contributed by atoms with Gasteiger partial charge in [0.2, 0.25) is 17.0 Å². The van der Waals surface area contributed by atoms with Crippen LogP contribution in [0.3, 0.4) is 0 Å². The summed E-state index contributed by atoms with van der Waals surface area (Å²) in [6, 6.07) is 0. The fourth-order valence-electron chi connectivity index (χ4n) is 13.3. The summed E-state index contributed by atoms with van der Waals surface area (Å²) >= 11 is 0. The molecule has 6 N–H and O–H groups in total. The lowest BCUT2D eigenvalue weighted by atomic mass is 9.48. The van der Waals surface area contributed by atoms with Crippen molar-refractivity contribution < 1.29 is 233 Å². The lowest BCUT2D eigenvalue weighted by Crippen LogP contribution is -2.94. The summed E-state index contributed by atoms with van der Waals surface area (Å²) in [6.45, 7) is -14.2. The quantitative estimate of drug-likeness (QED) is 0.156. The Morgan fingerprint density at radius 1 is 0.198 bits per heavy atom. The number of aliphatic hydroxyl groups is 6. The van der Waals surface area contributed by atoms with E-state index >= 15 is 0 Å². The first-order chi connectivity index (χ1) is 41.1. The van der Waals surface area contributed by atoms with Crippen molar-refractivity contribution in [3.8, 4) is 0 Å². The summed E-state index contributed by atoms with van der Waals surface area (Å²) in [5, 5.41) is 54.3. The second-order valence-electron chi connectivity index (χ2n) is 24.9. The first-order valence-corrected chi connectivity index (χ1v) is 24.6. The van der Waals surface area contributed by atoms with Crippen LogP contribution >= 0.6 is 0 Å². The van der Waals surface area contributed by atoms with Gasteiger partial charge in [0.05, 0.1) is 0 Å². The standard InChI is InChI=1S/C11H7F13.C11H8F12O.C11H9F11O2.C11H10F10O3/c2*1-4-2-5(13,3-12)9(19,20)6(14,7(4,15)16)10(21,22)11(23,24)8(4,17)18;1-4-2-5(13,3-12)9(18,19)6(23,7(4,14)15)10(20,21)11(22,24)8(4,16)17;1-4-2-5(22,3-12)9(17,18)6(23,7(4,13)14)10(19,20)11(21,24)8(4,15)16/h2-3H2,1H3;24H,2-3H2,1H3;23-24H,2-3H2,1H3;22-24H,2-3H2,1H3. The highest BCUT2D eigenvalue weighted by Gasteiger charge is 3.10. The average Bonchev–Trinajstić information content (AvgIpc) is 0.658. The summed E-state index contributed by atoms with van der Waals surface area (Å²) in [6.07, 6.45) is -11.4. The van der Waals surface area contributed by atoms with Gasteiger partial charge in [0.1, 0.15) is 48.4 Å². The Hall–Kier alpha value is -3.46. The van der Waals surface area contributed by atoms with Crippen molar-refractivity contribution in [2.45, 2.75) is 217 Å². The maximum atomic E-state index is 14.3. The van der Waals surface area contributed by atoms with Crippen LogP contribution in [0.15, 0.2) is 0 Å². The predicted molar refractivity (Wildman–Crippen MR) is 211 cm³/mol. The van der Waals surface area contributed by atoms with E-state index in [1.807, 2.05) is 0 Å². The van der Waals surface area contributed by atoms with Crippen molar-refractivity contribution >= 4 is 0 Å². The molecular formula is C44H34F46O6. The van der Waals surface area contributed by atoms with Crippen molar-refractivity contribution in [2.75, 3.05) is 26.7 Å². The Balaban J connectivity index is 0.000000231. The fourth-order valence-corrected chi connectivity index (χ4v) is 13.3. The molecule has 96 heavy (non-hydrogen) atoms. The Morgan fingerprint density at radius 2 is 0.417 bits per heavy atom. The molecule has 8 aliphatic rings. The zero-order valence-electron chi connectivity index (χ0n) is 45.7. The molecule has 8 aliphatic carbocycles. The zero-order valence-corrected chi connectivity index (χ0v) is 45.7. The first-order valence-electron chi connectivity index (χ1n) is 24.6. The van der Waals surface area contributed by atoms with Crippen molar-refractivity contribution in [3.05, 3.63) is 0 Å². The molecule has 15 atom stereocenters. The lowest BCUT2D eigenvalue weighted by molar-refractivity contribution is -0.544. The van der Waals surface area contributed by atoms with Gasteiger partial charge in [-0.1, -0.05) is 0 Å². The van der Waals surface area contributed by atoms with E-state index in [4.69, 9.17) is 15.3 Å². The van der Waals surface area contributed by atoms with Crippen LogP contribution in [0.4, 0.5) is 202 Å². The van der Waals surface area contributed by atoms with Crippen LogP contribution in [-0.4, -0.2) is 221 Å². The number of rotatable bonds is 4. The molecule has 568 valence electrons. The van der Waals surface area contributed by atoms with Crippen LogP contribution in [0.25, 0.3) is 0 Å². The number of alkyl halides is 46. The first kappa shape index (κ1) is 83.2. The topological polar surface area (TPSA) is 121 Å². The van der Waals surface area contributed by atoms with Gasteiger partial charge >= 0.3 is 118 Å². The third kappa shape index (κ3) is 7.06. The van der Waals surface area contributed by atoms with Gasteiger partial charge in [0.15, 0.2) is 5.60 Å². The smallest absolute Gasteiger partial charge is 0.376 e. The van der Waals surface area contributed by atoms with Crippen LogP contribution in [0, 0.1) is 21.7 Å². The van der Waals surface area contributed by atoms with E-state index in [1.54, 1.807) is 0 Å². The van der Waals surface area contributed by atoms with Crippen molar-refractivity contribution in [3.63, 3.8) is 0 Å². The number of fused-ring (bicyclic) bond motifs is 8. The summed E-state index contributed by atoms with van der Waals surface area (Å²) in [4.78, 5) is 0. The Bertz CT molecular complexity index is 2660. The highest BCUT2D eigenvalue weighted by molar-refractivity contribution is 5.41. The van der Waals surface area contributed by atoms with E-state index in [-0.39, 0.29) is 0 Å². The highest BCUT2D eigenvalue weighted by Crippen LogP contribution is 2.84. The van der Waals surface area contributed by atoms with Crippen molar-refractivity contribution in [2.24, 2.45) is 21.7 Å². The van der Waals surface area contributed by atoms with Gasteiger partial charge in [0, 0.05) is 25.7 Å².